The van der Waals surface area contributed by atoms with Crippen LogP contribution in [-0.4, -0.2) is 33.3 Å². The van der Waals surface area contributed by atoms with Crippen molar-refractivity contribution < 1.29 is 15.0 Å². The van der Waals surface area contributed by atoms with Crippen LogP contribution < -0.4 is 0 Å². The summed E-state index contributed by atoms with van der Waals surface area (Å²) >= 11 is 1.64. The van der Waals surface area contributed by atoms with Gasteiger partial charge in [0.25, 0.3) is 0 Å². The summed E-state index contributed by atoms with van der Waals surface area (Å²) in [6.45, 7) is 4.16. The molecule has 1 aliphatic heterocycles. The fourth-order valence-corrected chi connectivity index (χ4v) is 4.69. The maximum atomic E-state index is 11.4. The van der Waals surface area contributed by atoms with E-state index in [1.165, 1.54) is 0 Å². The molecule has 86 valence electrons. The first-order valence-electron chi connectivity index (χ1n) is 5.35. The van der Waals surface area contributed by atoms with Crippen molar-refractivity contribution in [3.63, 3.8) is 0 Å². The summed E-state index contributed by atoms with van der Waals surface area (Å²) in [5.41, 5.74) is -1.75. The first-order chi connectivity index (χ1) is 6.81. The van der Waals surface area contributed by atoms with E-state index in [2.05, 4.69) is 13.8 Å². The van der Waals surface area contributed by atoms with Gasteiger partial charge in [0.15, 0.2) is 0 Å². The third kappa shape index (κ3) is 1.49. The summed E-state index contributed by atoms with van der Waals surface area (Å²) < 4.78 is 0. The molecule has 4 heteroatoms. The predicted octanol–water partition coefficient (Wildman–Crippen LogP) is 1.75. The topological polar surface area (TPSA) is 57.5 Å². The van der Waals surface area contributed by atoms with Gasteiger partial charge in [0.2, 0.25) is 0 Å². The molecule has 2 fully saturated rings. The van der Waals surface area contributed by atoms with Gasteiger partial charge in [-0.15, -0.1) is 0 Å². The fourth-order valence-electron chi connectivity index (χ4n) is 3.17. The van der Waals surface area contributed by atoms with Crippen LogP contribution in [0.4, 0.5) is 0 Å². The number of rotatable bonds is 2. The number of carbonyl (C=O) groups is 1. The van der Waals surface area contributed by atoms with E-state index >= 15 is 0 Å². The van der Waals surface area contributed by atoms with E-state index in [9.17, 15) is 15.0 Å². The summed E-state index contributed by atoms with van der Waals surface area (Å²) in [7, 11) is 0. The number of hydrogen-bond acceptors (Lipinski definition) is 3. The number of aliphatic carboxylic acids is 1. The zero-order chi connectivity index (χ0) is 11.3. The predicted molar refractivity (Wildman–Crippen MR) is 60.0 cm³/mol. The molecule has 0 aromatic rings. The number of carboxylic acids is 1. The largest absolute Gasteiger partial charge is 0.481 e. The minimum atomic E-state index is -0.966. The molecule has 0 radical (unpaired) electrons. The standard InChI is InChI=1S/C11H18O3S/c1-9(2)5-11(14,6-9)10(8(12)13)3-4-15-7-10/h14H,3-7H2,1-2H3,(H,12,13). The van der Waals surface area contributed by atoms with Crippen LogP contribution in [0.1, 0.15) is 33.1 Å². The van der Waals surface area contributed by atoms with Crippen LogP contribution in [0.5, 0.6) is 0 Å². The van der Waals surface area contributed by atoms with Gasteiger partial charge < -0.3 is 10.2 Å². The second kappa shape index (κ2) is 3.14. The van der Waals surface area contributed by atoms with Gasteiger partial charge in [-0.05, 0) is 30.4 Å². The Hall–Kier alpha value is -0.220. The molecule has 2 N–H and O–H groups in total. The van der Waals surface area contributed by atoms with Gasteiger partial charge >= 0.3 is 5.97 Å². The average Bonchev–Trinajstić information content (AvgIpc) is 2.48. The van der Waals surface area contributed by atoms with Crippen LogP contribution in [0.25, 0.3) is 0 Å². The lowest BCUT2D eigenvalue weighted by Gasteiger charge is -2.56. The molecule has 1 aliphatic carbocycles. The highest BCUT2D eigenvalue weighted by molar-refractivity contribution is 7.99. The van der Waals surface area contributed by atoms with E-state index in [4.69, 9.17) is 0 Å². The van der Waals surface area contributed by atoms with Crippen LogP contribution in [0.3, 0.4) is 0 Å². The lowest BCUT2D eigenvalue weighted by Crippen LogP contribution is -2.63. The molecule has 1 saturated carbocycles. The van der Waals surface area contributed by atoms with Crippen molar-refractivity contribution in [2.24, 2.45) is 10.8 Å². The van der Waals surface area contributed by atoms with Gasteiger partial charge in [0.1, 0.15) is 5.41 Å². The number of hydrogen-bond donors (Lipinski definition) is 2. The van der Waals surface area contributed by atoms with Crippen molar-refractivity contribution >= 4 is 17.7 Å². The highest BCUT2D eigenvalue weighted by Gasteiger charge is 2.64. The SMILES string of the molecule is CC1(C)CC(O)(C2(C(=O)O)CCSC2)C1. The Labute approximate surface area is 94.3 Å². The molecule has 3 nitrogen and oxygen atoms in total. The second-order valence-electron chi connectivity index (χ2n) is 5.74. The lowest BCUT2D eigenvalue weighted by molar-refractivity contribution is -0.204. The number of carboxylic acid groups (broad SMARTS) is 1. The van der Waals surface area contributed by atoms with Crippen LogP contribution in [0, 0.1) is 10.8 Å². The number of aliphatic hydroxyl groups is 1. The lowest BCUT2D eigenvalue weighted by atomic mass is 9.51. The van der Waals surface area contributed by atoms with E-state index in [-0.39, 0.29) is 5.41 Å². The third-order valence-electron chi connectivity index (χ3n) is 3.86. The van der Waals surface area contributed by atoms with Gasteiger partial charge in [-0.2, -0.15) is 11.8 Å². The second-order valence-corrected chi connectivity index (χ2v) is 6.84. The Morgan fingerprint density at radius 3 is 2.27 bits per heavy atom. The summed E-state index contributed by atoms with van der Waals surface area (Å²) in [5.74, 6) is 0.606. The summed E-state index contributed by atoms with van der Waals surface area (Å²) in [6, 6.07) is 0. The van der Waals surface area contributed by atoms with Crippen LogP contribution >= 0.6 is 11.8 Å². The summed E-state index contributed by atoms with van der Waals surface area (Å²) in [6.07, 6.45) is 1.85. The van der Waals surface area contributed by atoms with Crippen molar-refractivity contribution in [1.29, 1.82) is 0 Å². The first kappa shape index (κ1) is 11.3. The Morgan fingerprint density at radius 1 is 1.33 bits per heavy atom. The third-order valence-corrected chi connectivity index (χ3v) is 5.05. The normalized spacial score (nSPS) is 37.3. The molecule has 0 bridgehead atoms. The van der Waals surface area contributed by atoms with Crippen LogP contribution in [0.2, 0.25) is 0 Å². The fraction of sp³-hybridized carbons (Fsp3) is 0.909. The molecular formula is C11H18O3S. The van der Waals surface area contributed by atoms with Crippen molar-refractivity contribution in [1.82, 2.24) is 0 Å². The molecule has 0 aromatic carbocycles. The van der Waals surface area contributed by atoms with Gasteiger partial charge in [0.05, 0.1) is 5.60 Å². The van der Waals surface area contributed by atoms with Crippen LogP contribution in [0.15, 0.2) is 0 Å². The van der Waals surface area contributed by atoms with Crippen molar-refractivity contribution in [3.8, 4) is 0 Å². The van der Waals surface area contributed by atoms with Gasteiger partial charge in [-0.1, -0.05) is 13.8 Å². The monoisotopic (exact) mass is 230 g/mol. The Morgan fingerprint density at radius 2 is 1.93 bits per heavy atom. The smallest absolute Gasteiger partial charge is 0.313 e. The zero-order valence-corrected chi connectivity index (χ0v) is 10.1. The molecule has 1 unspecified atom stereocenters. The number of thioether (sulfide) groups is 1. The quantitative estimate of drug-likeness (QED) is 0.758. The molecule has 15 heavy (non-hydrogen) atoms. The van der Waals surface area contributed by atoms with E-state index in [1.807, 2.05) is 0 Å². The molecular weight excluding hydrogens is 212 g/mol. The Kier molecular flexibility index (Phi) is 2.36. The van der Waals surface area contributed by atoms with E-state index in [0.29, 0.717) is 25.0 Å². The molecule has 2 aliphatic rings. The maximum absolute atomic E-state index is 11.4. The van der Waals surface area contributed by atoms with Crippen molar-refractivity contribution in [3.05, 3.63) is 0 Å². The molecule has 1 atom stereocenters. The molecule has 1 heterocycles. The van der Waals surface area contributed by atoms with E-state index in [1.54, 1.807) is 11.8 Å². The summed E-state index contributed by atoms with van der Waals surface area (Å²) in [5, 5.41) is 19.8. The highest BCUT2D eigenvalue weighted by atomic mass is 32.2. The summed E-state index contributed by atoms with van der Waals surface area (Å²) in [4.78, 5) is 11.4. The minimum Gasteiger partial charge on any atom is -0.481 e. The van der Waals surface area contributed by atoms with E-state index in [0.717, 1.165) is 5.75 Å². The molecule has 0 aromatic heterocycles. The Balaban J connectivity index is 2.24. The Bertz CT molecular complexity index is 284. The highest BCUT2D eigenvalue weighted by Crippen LogP contribution is 2.60. The average molecular weight is 230 g/mol. The van der Waals surface area contributed by atoms with Gasteiger partial charge in [-0.25, -0.2) is 0 Å². The zero-order valence-electron chi connectivity index (χ0n) is 9.25. The molecule has 2 rings (SSSR count). The first-order valence-corrected chi connectivity index (χ1v) is 6.50. The van der Waals surface area contributed by atoms with Crippen molar-refractivity contribution in [2.75, 3.05) is 11.5 Å². The van der Waals surface area contributed by atoms with E-state index < -0.39 is 17.0 Å². The van der Waals surface area contributed by atoms with Gasteiger partial charge in [0, 0.05) is 5.75 Å². The van der Waals surface area contributed by atoms with Gasteiger partial charge in [-0.3, -0.25) is 4.79 Å². The maximum Gasteiger partial charge on any atom is 0.313 e. The van der Waals surface area contributed by atoms with Crippen molar-refractivity contribution in [2.45, 2.75) is 38.7 Å². The molecule has 1 saturated heterocycles. The molecule has 0 amide bonds. The molecule has 0 spiro atoms. The van der Waals surface area contributed by atoms with Crippen LogP contribution in [-0.2, 0) is 4.79 Å². The minimum absolute atomic E-state index is 0.102.